The van der Waals surface area contributed by atoms with Crippen molar-refractivity contribution in [3.63, 3.8) is 0 Å². The molecule has 0 amide bonds. The summed E-state index contributed by atoms with van der Waals surface area (Å²) >= 11 is 1.72. The molecule has 0 atom stereocenters. The van der Waals surface area contributed by atoms with Crippen molar-refractivity contribution in [2.75, 3.05) is 0 Å². The monoisotopic (exact) mass is 222 g/mol. The molecule has 0 aliphatic carbocycles. The summed E-state index contributed by atoms with van der Waals surface area (Å²) in [5.41, 5.74) is 2.31. The maximum absolute atomic E-state index is 4.35. The fraction of sp³-hybridized carbons (Fsp3) is 0.500. The van der Waals surface area contributed by atoms with Gasteiger partial charge in [-0.1, -0.05) is 34.6 Å². The van der Waals surface area contributed by atoms with Crippen LogP contribution >= 0.6 is 11.3 Å². The number of fused-ring (bicyclic) bond motifs is 1. The van der Waals surface area contributed by atoms with Crippen LogP contribution in [0, 0.1) is 0 Å². The van der Waals surface area contributed by atoms with Crippen molar-refractivity contribution in [3.8, 4) is 0 Å². The van der Waals surface area contributed by atoms with Crippen LogP contribution in [0.15, 0.2) is 17.8 Å². The summed E-state index contributed by atoms with van der Waals surface area (Å²) in [5, 5.41) is 2.06. The standard InChI is InChI=1S/C10H12N2S.C2H6/c1-10(2,3)9-8-7(4-5-13-8)11-6-12-9;1-2/h4-6H,1-3H3;1-2H3. The lowest BCUT2D eigenvalue weighted by atomic mass is 9.92. The Labute approximate surface area is 95.4 Å². The fourth-order valence-electron chi connectivity index (χ4n) is 1.32. The lowest BCUT2D eigenvalue weighted by Crippen LogP contribution is -2.13. The smallest absolute Gasteiger partial charge is 0.116 e. The van der Waals surface area contributed by atoms with E-state index in [-0.39, 0.29) is 5.41 Å². The zero-order valence-corrected chi connectivity index (χ0v) is 10.9. The number of hydrogen-bond donors (Lipinski definition) is 0. The number of thiophene rings is 1. The Morgan fingerprint density at radius 1 is 1.13 bits per heavy atom. The van der Waals surface area contributed by atoms with E-state index in [0.717, 1.165) is 11.2 Å². The van der Waals surface area contributed by atoms with E-state index in [0.29, 0.717) is 0 Å². The molecule has 0 saturated carbocycles. The third-order valence-electron chi connectivity index (χ3n) is 1.95. The maximum atomic E-state index is 4.35. The molecule has 2 nitrogen and oxygen atoms in total. The minimum atomic E-state index is 0.103. The van der Waals surface area contributed by atoms with Gasteiger partial charge in [0.1, 0.15) is 6.33 Å². The Hall–Kier alpha value is -0.960. The van der Waals surface area contributed by atoms with E-state index in [2.05, 4.69) is 36.1 Å². The summed E-state index contributed by atoms with van der Waals surface area (Å²) in [5.74, 6) is 0. The second-order valence-corrected chi connectivity index (χ2v) is 5.02. The molecule has 0 unspecified atom stereocenters. The normalized spacial score (nSPS) is 11.0. The van der Waals surface area contributed by atoms with Crippen LogP contribution in [0.25, 0.3) is 10.2 Å². The molecule has 0 radical (unpaired) electrons. The molecule has 3 heteroatoms. The summed E-state index contributed by atoms with van der Waals surface area (Å²) in [4.78, 5) is 8.56. The largest absolute Gasteiger partial charge is 0.239 e. The van der Waals surface area contributed by atoms with Gasteiger partial charge in [-0.15, -0.1) is 11.3 Å². The Morgan fingerprint density at radius 2 is 1.80 bits per heavy atom. The fourth-order valence-corrected chi connectivity index (χ4v) is 2.37. The van der Waals surface area contributed by atoms with E-state index >= 15 is 0 Å². The number of rotatable bonds is 0. The van der Waals surface area contributed by atoms with Gasteiger partial charge in [-0.05, 0) is 11.4 Å². The first kappa shape index (κ1) is 12.1. The van der Waals surface area contributed by atoms with E-state index in [4.69, 9.17) is 0 Å². The summed E-state index contributed by atoms with van der Waals surface area (Å²) in [6.45, 7) is 10.5. The zero-order chi connectivity index (χ0) is 11.5. The van der Waals surface area contributed by atoms with Crippen LogP contribution in [-0.4, -0.2) is 9.97 Å². The molecule has 0 aliphatic rings. The minimum absolute atomic E-state index is 0.103. The predicted octanol–water partition coefficient (Wildman–Crippen LogP) is 4.02. The summed E-state index contributed by atoms with van der Waals surface area (Å²) < 4.78 is 1.22. The summed E-state index contributed by atoms with van der Waals surface area (Å²) in [6.07, 6.45) is 1.65. The van der Waals surface area contributed by atoms with Gasteiger partial charge in [-0.25, -0.2) is 9.97 Å². The third kappa shape index (κ3) is 2.53. The van der Waals surface area contributed by atoms with Crippen LogP contribution in [0.4, 0.5) is 0 Å². The molecule has 0 spiro atoms. The summed E-state index contributed by atoms with van der Waals surface area (Å²) in [6, 6.07) is 2.04. The van der Waals surface area contributed by atoms with Gasteiger partial charge < -0.3 is 0 Å². The molecule has 2 heterocycles. The van der Waals surface area contributed by atoms with Gasteiger partial charge in [-0.2, -0.15) is 0 Å². The first-order valence-electron chi connectivity index (χ1n) is 5.28. The third-order valence-corrected chi connectivity index (χ3v) is 2.86. The average molecular weight is 222 g/mol. The highest BCUT2D eigenvalue weighted by Crippen LogP contribution is 2.29. The molecule has 15 heavy (non-hydrogen) atoms. The highest BCUT2D eigenvalue weighted by Gasteiger charge is 2.19. The number of nitrogens with zero attached hydrogens (tertiary/aromatic N) is 2. The van der Waals surface area contributed by atoms with E-state index in [1.165, 1.54) is 4.70 Å². The second-order valence-electron chi connectivity index (χ2n) is 4.11. The molecule has 0 bridgehead atoms. The second kappa shape index (κ2) is 4.71. The average Bonchev–Trinajstić information content (AvgIpc) is 2.66. The molecule has 82 valence electrons. The van der Waals surface area contributed by atoms with Gasteiger partial charge in [0.05, 0.1) is 15.9 Å². The topological polar surface area (TPSA) is 25.8 Å². The van der Waals surface area contributed by atoms with Crippen molar-refractivity contribution in [1.29, 1.82) is 0 Å². The molecule has 0 aromatic carbocycles. The molecule has 0 aliphatic heterocycles. The maximum Gasteiger partial charge on any atom is 0.116 e. The van der Waals surface area contributed by atoms with E-state index in [9.17, 15) is 0 Å². The Balaban J connectivity index is 0.000000531. The van der Waals surface area contributed by atoms with E-state index in [1.54, 1.807) is 17.7 Å². The van der Waals surface area contributed by atoms with Gasteiger partial charge in [0, 0.05) is 5.41 Å². The highest BCUT2D eigenvalue weighted by molar-refractivity contribution is 7.17. The van der Waals surface area contributed by atoms with Crippen LogP contribution in [0.2, 0.25) is 0 Å². The van der Waals surface area contributed by atoms with Crippen LogP contribution in [0.1, 0.15) is 40.3 Å². The Morgan fingerprint density at radius 3 is 2.40 bits per heavy atom. The van der Waals surface area contributed by atoms with Crippen LogP contribution in [-0.2, 0) is 5.41 Å². The van der Waals surface area contributed by atoms with Crippen LogP contribution < -0.4 is 0 Å². The van der Waals surface area contributed by atoms with Crippen LogP contribution in [0.5, 0.6) is 0 Å². The SMILES string of the molecule is CC.CC(C)(C)c1ncnc2ccsc12. The zero-order valence-electron chi connectivity index (χ0n) is 10.0. The van der Waals surface area contributed by atoms with Crippen molar-refractivity contribution in [1.82, 2.24) is 9.97 Å². The molecule has 2 aromatic heterocycles. The van der Waals surface area contributed by atoms with Gasteiger partial charge in [0.25, 0.3) is 0 Å². The van der Waals surface area contributed by atoms with Crippen molar-refractivity contribution < 1.29 is 0 Å². The molecule has 0 N–H and O–H groups in total. The number of aromatic nitrogens is 2. The molecular weight excluding hydrogens is 204 g/mol. The lowest BCUT2D eigenvalue weighted by Gasteiger charge is -2.17. The van der Waals surface area contributed by atoms with Crippen molar-refractivity contribution >= 4 is 21.6 Å². The quantitative estimate of drug-likeness (QED) is 0.673. The van der Waals surface area contributed by atoms with Gasteiger partial charge in [-0.3, -0.25) is 0 Å². The summed E-state index contributed by atoms with van der Waals surface area (Å²) in [7, 11) is 0. The van der Waals surface area contributed by atoms with Crippen LogP contribution in [0.3, 0.4) is 0 Å². The molecule has 2 rings (SSSR count). The molecule has 0 saturated heterocycles. The Bertz CT molecular complexity index is 426. The van der Waals surface area contributed by atoms with E-state index < -0.39 is 0 Å². The first-order valence-corrected chi connectivity index (χ1v) is 6.16. The molecule has 0 fully saturated rings. The molecule has 2 aromatic rings. The highest BCUT2D eigenvalue weighted by atomic mass is 32.1. The van der Waals surface area contributed by atoms with Crippen molar-refractivity contribution in [3.05, 3.63) is 23.5 Å². The van der Waals surface area contributed by atoms with Gasteiger partial charge in [0.2, 0.25) is 0 Å². The Kier molecular flexibility index (Phi) is 3.80. The molecular formula is C12H18N2S. The predicted molar refractivity (Wildman–Crippen MR) is 67.5 cm³/mol. The van der Waals surface area contributed by atoms with Gasteiger partial charge >= 0.3 is 0 Å². The number of hydrogen-bond acceptors (Lipinski definition) is 3. The van der Waals surface area contributed by atoms with Crippen molar-refractivity contribution in [2.45, 2.75) is 40.0 Å². The van der Waals surface area contributed by atoms with Crippen molar-refractivity contribution in [2.24, 2.45) is 0 Å². The first-order chi connectivity index (χ1) is 7.09. The minimum Gasteiger partial charge on any atom is -0.239 e. The van der Waals surface area contributed by atoms with E-state index in [1.807, 2.05) is 19.9 Å². The lowest BCUT2D eigenvalue weighted by molar-refractivity contribution is 0.575. The van der Waals surface area contributed by atoms with Gasteiger partial charge in [0.15, 0.2) is 0 Å².